The van der Waals surface area contributed by atoms with Crippen molar-refractivity contribution < 1.29 is 18.0 Å². The lowest BCUT2D eigenvalue weighted by atomic mass is 10.1. The van der Waals surface area contributed by atoms with Crippen LogP contribution in [0.15, 0.2) is 53.4 Å². The molecule has 0 unspecified atom stereocenters. The summed E-state index contributed by atoms with van der Waals surface area (Å²) in [6.45, 7) is 5.91. The zero-order valence-corrected chi connectivity index (χ0v) is 18.0. The van der Waals surface area contributed by atoms with Crippen molar-refractivity contribution in [1.82, 2.24) is 9.29 Å². The number of unbranched alkanes of at least 4 members (excludes halogenated alkanes) is 1. The van der Waals surface area contributed by atoms with Crippen molar-refractivity contribution in [1.29, 1.82) is 0 Å². The van der Waals surface area contributed by atoms with Crippen molar-refractivity contribution in [2.24, 2.45) is 0 Å². The van der Waals surface area contributed by atoms with Crippen molar-refractivity contribution in [3.05, 3.63) is 59.8 Å². The molecule has 0 radical (unpaired) electrons. The molecule has 2 aromatic carbocycles. The van der Waals surface area contributed by atoms with Crippen LogP contribution in [0.4, 0.5) is 5.69 Å². The maximum absolute atomic E-state index is 13.1. The Balaban J connectivity index is 1.90. The van der Waals surface area contributed by atoms with E-state index in [-0.39, 0.29) is 10.8 Å². The normalized spacial score (nSPS) is 11.4. The van der Waals surface area contributed by atoms with Gasteiger partial charge in [0.15, 0.2) is 0 Å². The van der Waals surface area contributed by atoms with Gasteiger partial charge in [0.1, 0.15) is 5.69 Å². The summed E-state index contributed by atoms with van der Waals surface area (Å²) in [6.07, 6.45) is 1.96. The van der Waals surface area contributed by atoms with Crippen LogP contribution < -0.4 is 10.0 Å². The molecule has 0 saturated carbocycles. The number of aryl methyl sites for hydroxylation is 2. The summed E-state index contributed by atoms with van der Waals surface area (Å²) >= 11 is 0. The van der Waals surface area contributed by atoms with E-state index in [1.807, 2.05) is 40.5 Å². The van der Waals surface area contributed by atoms with Crippen LogP contribution in [0.25, 0.3) is 10.9 Å². The lowest BCUT2D eigenvalue weighted by Crippen LogP contribution is -2.28. The van der Waals surface area contributed by atoms with Crippen LogP contribution in [0.1, 0.15) is 42.7 Å². The number of aromatic nitrogens is 1. The smallest absolute Gasteiger partial charge is 0.272 e. The molecule has 3 aromatic rings. The van der Waals surface area contributed by atoms with E-state index in [0.29, 0.717) is 11.4 Å². The number of nitrogens with one attached hydrogen (secondary N) is 2. The van der Waals surface area contributed by atoms with E-state index in [9.17, 15) is 18.0 Å². The van der Waals surface area contributed by atoms with Gasteiger partial charge in [-0.2, -0.15) is 0 Å². The molecule has 1 heterocycles. The van der Waals surface area contributed by atoms with Gasteiger partial charge in [0.2, 0.25) is 5.91 Å². The van der Waals surface area contributed by atoms with E-state index >= 15 is 0 Å². The largest absolute Gasteiger partial charge is 0.336 e. The highest BCUT2D eigenvalue weighted by Crippen LogP contribution is 2.27. The number of carbonyl (C=O) groups excluding carboxylic acids is 2. The van der Waals surface area contributed by atoms with Crippen molar-refractivity contribution >= 4 is 38.4 Å². The summed E-state index contributed by atoms with van der Waals surface area (Å²) in [5.74, 6) is -0.917. The molecule has 0 fully saturated rings. The van der Waals surface area contributed by atoms with E-state index in [1.54, 1.807) is 0 Å². The molecule has 0 aliphatic heterocycles. The molecular weight excluding hydrogens is 402 g/mol. The molecule has 0 saturated heterocycles. The van der Waals surface area contributed by atoms with Crippen molar-refractivity contribution in [2.75, 3.05) is 5.32 Å². The van der Waals surface area contributed by atoms with Gasteiger partial charge >= 0.3 is 0 Å². The monoisotopic (exact) mass is 427 g/mol. The first-order chi connectivity index (χ1) is 14.2. The fraction of sp³-hybridized carbons (Fsp3) is 0.273. The Kier molecular flexibility index (Phi) is 6.26. The predicted molar refractivity (Wildman–Crippen MR) is 117 cm³/mol. The van der Waals surface area contributed by atoms with Gasteiger partial charge in [0.05, 0.1) is 4.90 Å². The average molecular weight is 428 g/mol. The molecule has 0 bridgehead atoms. The summed E-state index contributed by atoms with van der Waals surface area (Å²) in [7, 11) is -3.91. The van der Waals surface area contributed by atoms with Crippen LogP contribution in [0, 0.1) is 6.92 Å². The minimum Gasteiger partial charge on any atom is -0.336 e. The summed E-state index contributed by atoms with van der Waals surface area (Å²) < 4.78 is 28.1. The fourth-order valence-electron chi connectivity index (χ4n) is 3.47. The van der Waals surface area contributed by atoms with Crippen molar-refractivity contribution in [3.63, 3.8) is 0 Å². The number of rotatable bonds is 7. The van der Waals surface area contributed by atoms with Gasteiger partial charge in [-0.3, -0.25) is 9.59 Å². The molecule has 8 heteroatoms. The van der Waals surface area contributed by atoms with Crippen LogP contribution >= 0.6 is 0 Å². The molecule has 2 amide bonds. The third-order valence-corrected chi connectivity index (χ3v) is 6.32. The molecular formula is C22H25N3O4S. The second kappa shape index (κ2) is 8.71. The Labute approximate surface area is 176 Å². The first-order valence-electron chi connectivity index (χ1n) is 9.77. The highest BCUT2D eigenvalue weighted by atomic mass is 32.2. The SMILES string of the molecule is CCCCn1c(C(=O)Nc2ccc(S(=O)(=O)NC(C)=O)cc2)c(C)c2ccccc21. The van der Waals surface area contributed by atoms with E-state index in [1.165, 1.54) is 24.3 Å². The number of anilines is 1. The van der Waals surface area contributed by atoms with Gasteiger partial charge in [0, 0.05) is 30.1 Å². The van der Waals surface area contributed by atoms with E-state index in [4.69, 9.17) is 0 Å². The molecule has 0 aliphatic rings. The van der Waals surface area contributed by atoms with E-state index in [2.05, 4.69) is 12.2 Å². The Bertz CT molecular complexity index is 1200. The molecule has 158 valence electrons. The fourth-order valence-corrected chi connectivity index (χ4v) is 4.46. The first-order valence-corrected chi connectivity index (χ1v) is 11.3. The lowest BCUT2D eigenvalue weighted by molar-refractivity contribution is -0.117. The summed E-state index contributed by atoms with van der Waals surface area (Å²) in [6, 6.07) is 13.6. The zero-order valence-electron chi connectivity index (χ0n) is 17.2. The van der Waals surface area contributed by atoms with Gasteiger partial charge in [-0.25, -0.2) is 13.1 Å². The Morgan fingerprint density at radius 3 is 2.33 bits per heavy atom. The molecule has 1 aromatic heterocycles. The van der Waals surface area contributed by atoms with Crippen molar-refractivity contribution in [3.8, 4) is 0 Å². The second-order valence-corrected chi connectivity index (χ2v) is 8.82. The van der Waals surface area contributed by atoms with E-state index < -0.39 is 15.9 Å². The number of amides is 2. The second-order valence-electron chi connectivity index (χ2n) is 7.14. The molecule has 7 nitrogen and oxygen atoms in total. The van der Waals surface area contributed by atoms with Crippen LogP contribution in [0.5, 0.6) is 0 Å². The molecule has 0 atom stereocenters. The van der Waals surface area contributed by atoms with Gasteiger partial charge in [0.25, 0.3) is 15.9 Å². The number of nitrogens with zero attached hydrogens (tertiary/aromatic N) is 1. The zero-order chi connectivity index (χ0) is 21.9. The number of carbonyl (C=O) groups is 2. The van der Waals surface area contributed by atoms with Crippen LogP contribution in [-0.2, 0) is 21.4 Å². The number of hydrogen-bond acceptors (Lipinski definition) is 4. The standard InChI is InChI=1S/C22H25N3O4S/c1-4-5-14-25-20-9-7-6-8-19(20)15(2)21(25)22(27)23-17-10-12-18(13-11-17)30(28,29)24-16(3)26/h6-13H,4-5,14H2,1-3H3,(H,23,27)(H,24,26). The topological polar surface area (TPSA) is 97.3 Å². The number of para-hydroxylation sites is 1. The van der Waals surface area contributed by atoms with Gasteiger partial charge in [-0.05, 0) is 49.2 Å². The third kappa shape index (κ3) is 4.38. The third-order valence-electron chi connectivity index (χ3n) is 4.87. The number of fused-ring (bicyclic) bond motifs is 1. The summed E-state index contributed by atoms with van der Waals surface area (Å²) in [5, 5.41) is 3.89. The van der Waals surface area contributed by atoms with Gasteiger partial charge in [-0.1, -0.05) is 31.5 Å². The van der Waals surface area contributed by atoms with Crippen LogP contribution in [0.3, 0.4) is 0 Å². The lowest BCUT2D eigenvalue weighted by Gasteiger charge is -2.12. The Morgan fingerprint density at radius 2 is 1.70 bits per heavy atom. The number of hydrogen-bond donors (Lipinski definition) is 2. The maximum atomic E-state index is 13.1. The number of benzene rings is 2. The Hall–Kier alpha value is -3.13. The molecule has 0 spiro atoms. The first kappa shape index (κ1) is 21.6. The van der Waals surface area contributed by atoms with Crippen LogP contribution in [-0.4, -0.2) is 24.8 Å². The summed E-state index contributed by atoms with van der Waals surface area (Å²) in [4.78, 5) is 24.1. The highest BCUT2D eigenvalue weighted by Gasteiger charge is 2.20. The van der Waals surface area contributed by atoms with Gasteiger partial charge in [-0.15, -0.1) is 0 Å². The highest BCUT2D eigenvalue weighted by molar-refractivity contribution is 7.90. The van der Waals surface area contributed by atoms with E-state index in [0.717, 1.165) is 42.8 Å². The quantitative estimate of drug-likeness (QED) is 0.599. The minimum atomic E-state index is -3.91. The molecule has 3 rings (SSSR count). The van der Waals surface area contributed by atoms with Crippen LogP contribution in [0.2, 0.25) is 0 Å². The predicted octanol–water partition coefficient (Wildman–Crippen LogP) is 3.83. The van der Waals surface area contributed by atoms with Gasteiger partial charge < -0.3 is 9.88 Å². The molecule has 2 N–H and O–H groups in total. The molecule has 30 heavy (non-hydrogen) atoms. The number of sulfonamides is 1. The average Bonchev–Trinajstić information content (AvgIpc) is 2.98. The minimum absolute atomic E-state index is 0.0519. The Morgan fingerprint density at radius 1 is 1.03 bits per heavy atom. The summed E-state index contributed by atoms with van der Waals surface area (Å²) in [5.41, 5.74) is 2.99. The maximum Gasteiger partial charge on any atom is 0.272 e. The molecule has 0 aliphatic carbocycles. The van der Waals surface area contributed by atoms with Crippen molar-refractivity contribution in [2.45, 2.75) is 45.1 Å².